The van der Waals surface area contributed by atoms with Crippen LogP contribution in [-0.2, 0) is 0 Å². The van der Waals surface area contributed by atoms with Gasteiger partial charge in [0.15, 0.2) is 34.2 Å². The molecule has 0 atom stereocenters. The predicted molar refractivity (Wildman–Crippen MR) is 578 cm³/mol. The molecule has 0 spiro atoms. The molecule has 31 aromatic rings. The van der Waals surface area contributed by atoms with Gasteiger partial charge in [0, 0.05) is 124 Å². The van der Waals surface area contributed by atoms with Crippen LogP contribution in [0.25, 0.3) is 286 Å². The average molecular weight is 1820 g/mol. The number of thiophene rings is 1. The number of nitrogens with zero attached hydrogens (tertiary/aromatic N) is 10. The molecule has 0 saturated carbocycles. The normalized spacial score (nSPS) is 12.0. The first-order chi connectivity index (χ1) is 70.0. The predicted octanol–water partition coefficient (Wildman–Crippen LogP) is 33.8. The Morgan fingerprint density at radius 2 is 0.504 bits per heavy atom. The van der Waals surface area contributed by atoms with Gasteiger partial charge in [-0.2, -0.15) is 0 Å². The molecule has 0 radical (unpaired) electrons. The Hall–Kier alpha value is -19.0. The minimum atomic E-state index is 0.638. The van der Waals surface area contributed by atoms with E-state index in [1.54, 1.807) is 0 Å². The number of rotatable bonds is 10. The standard InChI is InChI=1S/C46H28N4O.C40H23N3O2.C40H23N3OS/c1-3-15-29(16-4-1)42-45-43(35-22-10-14-26-40(35)51-45)48-46(47-42)34-21-9-13-25-38(34)50-37-24-12-8-20-33(37)41-39(50)28-27-32-31-19-7-11-23-36(31)49(44(32)41)30-17-5-2-6-18-30;1-2-12-24(13-3-1)36-39-37(29-17-7-11-21-34(29)45-39)42-40(41-36)28-16-5-9-19-31(28)43-30-18-8-4-15-27(30)35-32(43)23-22-26-25-14-6-10-20-33(25)44-38(26)35;1-2-12-24(13-3-1)36-38-37(29-17-6-10-20-33(29)44-38)42-40(41-36)28-16-5-9-19-31(28)43-30-18-8-4-15-27(30)35-32(43)23-22-26-25-14-7-11-21-34(25)45-39(26)35/h1-28H;2*1-23H. The number of hydrogen-bond acceptors (Lipinski definition) is 11. The zero-order valence-corrected chi connectivity index (χ0v) is 76.1. The van der Waals surface area contributed by atoms with Crippen molar-refractivity contribution in [3.63, 3.8) is 0 Å². The first-order valence-corrected chi connectivity index (χ1v) is 48.0. The van der Waals surface area contributed by atoms with Crippen LogP contribution < -0.4 is 0 Å². The van der Waals surface area contributed by atoms with Crippen LogP contribution in [0.5, 0.6) is 0 Å². The lowest BCUT2D eigenvalue weighted by molar-refractivity contribution is 0.667. The number of benzene rings is 19. The van der Waals surface area contributed by atoms with Crippen molar-refractivity contribution in [2.24, 2.45) is 0 Å². The maximum absolute atomic E-state index is 6.53. The molecule has 19 aromatic carbocycles. The highest BCUT2D eigenvalue weighted by Gasteiger charge is 2.30. The van der Waals surface area contributed by atoms with E-state index in [-0.39, 0.29) is 0 Å². The second-order valence-electron chi connectivity index (χ2n) is 35.6. The average Bonchev–Trinajstić information content (AvgIpc) is 1.52. The molecule has 0 bridgehead atoms. The molecule has 31 rings (SSSR count). The number of fused-ring (bicyclic) bond motifs is 30. The molecule has 0 amide bonds. The SMILES string of the molecule is c1ccc(-c2nc(-c3ccccc3-n3c4ccccc4c4c3ccc3c5ccccc5n(-c5ccccc5)c34)nc3c2oc2ccccc23)cc1.c1ccc(-c2nc(-c3ccccc3-n3c4ccccc4c4c5oc6ccccc6c5ccc43)nc3c2oc2ccccc23)cc1.c1ccc(-c2nc(-c3ccccc3-n3c4ccccc4c4c5sc6ccccc6c5ccc43)nc3c2oc2ccccc23)cc1. The smallest absolute Gasteiger partial charge is 0.180 e. The van der Waals surface area contributed by atoms with E-state index >= 15 is 0 Å². The van der Waals surface area contributed by atoms with E-state index in [9.17, 15) is 0 Å². The van der Waals surface area contributed by atoms with Crippen LogP contribution in [0.4, 0.5) is 0 Å². The highest BCUT2D eigenvalue weighted by atomic mass is 32.1. The summed E-state index contributed by atoms with van der Waals surface area (Å²) in [4.78, 5) is 31.4. The fraction of sp³-hybridized carbons (Fsp3) is 0. The van der Waals surface area contributed by atoms with Crippen LogP contribution in [-0.4, -0.2) is 48.2 Å². The van der Waals surface area contributed by atoms with Crippen molar-refractivity contribution in [2.45, 2.75) is 0 Å². The Balaban J connectivity index is 0.000000102. The molecular formula is C126H74N10O4S. The van der Waals surface area contributed by atoms with E-state index < -0.39 is 0 Å². The zero-order valence-electron chi connectivity index (χ0n) is 75.2. The first kappa shape index (κ1) is 79.4. The zero-order chi connectivity index (χ0) is 92.4. The third-order valence-corrected chi connectivity index (χ3v) is 29.0. The van der Waals surface area contributed by atoms with Gasteiger partial charge in [-0.3, -0.25) is 0 Å². The molecule has 658 valence electrons. The molecule has 0 unspecified atom stereocenters. The second kappa shape index (κ2) is 31.8. The van der Waals surface area contributed by atoms with Gasteiger partial charge in [0.05, 0.1) is 66.6 Å². The number of furan rings is 4. The van der Waals surface area contributed by atoms with E-state index in [0.29, 0.717) is 34.2 Å². The van der Waals surface area contributed by atoms with Gasteiger partial charge in [-0.1, -0.05) is 303 Å². The van der Waals surface area contributed by atoms with Gasteiger partial charge in [-0.25, -0.2) is 29.9 Å². The van der Waals surface area contributed by atoms with Crippen LogP contribution in [0.15, 0.2) is 467 Å². The molecule has 15 heteroatoms. The van der Waals surface area contributed by atoms with Crippen molar-refractivity contribution in [2.75, 3.05) is 0 Å². The van der Waals surface area contributed by atoms with Gasteiger partial charge in [0.2, 0.25) is 0 Å². The van der Waals surface area contributed by atoms with E-state index in [4.69, 9.17) is 47.6 Å². The summed E-state index contributed by atoms with van der Waals surface area (Å²) in [5, 5.41) is 17.4. The number of aromatic nitrogens is 10. The Labute approximate surface area is 806 Å². The van der Waals surface area contributed by atoms with Crippen molar-refractivity contribution in [1.82, 2.24) is 48.2 Å². The van der Waals surface area contributed by atoms with Crippen LogP contribution in [0.2, 0.25) is 0 Å². The number of hydrogen-bond donors (Lipinski definition) is 0. The monoisotopic (exact) mass is 1820 g/mol. The number of para-hydroxylation sites is 12. The highest BCUT2D eigenvalue weighted by Crippen LogP contribution is 2.50. The summed E-state index contributed by atoms with van der Waals surface area (Å²) in [6.07, 6.45) is 0. The third kappa shape index (κ3) is 12.4. The molecule has 0 N–H and O–H groups in total. The van der Waals surface area contributed by atoms with Gasteiger partial charge in [-0.05, 0) is 146 Å². The van der Waals surface area contributed by atoms with Gasteiger partial charge >= 0.3 is 0 Å². The minimum absolute atomic E-state index is 0.638. The quantitative estimate of drug-likeness (QED) is 0.129. The van der Waals surface area contributed by atoms with Crippen LogP contribution in [0.3, 0.4) is 0 Å². The third-order valence-electron chi connectivity index (χ3n) is 27.8. The van der Waals surface area contributed by atoms with Crippen molar-refractivity contribution in [1.29, 1.82) is 0 Å². The molecular weight excluding hydrogens is 1750 g/mol. The highest BCUT2D eigenvalue weighted by molar-refractivity contribution is 7.26. The van der Waals surface area contributed by atoms with Crippen molar-refractivity contribution in [3.8, 4) is 90.7 Å². The molecule has 0 aliphatic carbocycles. The van der Waals surface area contributed by atoms with Gasteiger partial charge in [0.1, 0.15) is 61.5 Å². The van der Waals surface area contributed by atoms with Crippen LogP contribution >= 0.6 is 11.3 Å². The van der Waals surface area contributed by atoms with Crippen molar-refractivity contribution in [3.05, 3.63) is 449 Å². The summed E-state index contributed by atoms with van der Waals surface area (Å²) in [6.45, 7) is 0. The second-order valence-corrected chi connectivity index (χ2v) is 36.7. The Kier molecular flexibility index (Phi) is 17.9. The summed E-state index contributed by atoms with van der Waals surface area (Å²) in [6, 6.07) is 156. The van der Waals surface area contributed by atoms with E-state index in [1.165, 1.54) is 69.0 Å². The molecule has 14 nitrogen and oxygen atoms in total. The van der Waals surface area contributed by atoms with Gasteiger partial charge < -0.3 is 35.9 Å². The topological polar surface area (TPSA) is 150 Å². The Morgan fingerprint density at radius 1 is 0.191 bits per heavy atom. The van der Waals surface area contributed by atoms with Crippen LogP contribution in [0.1, 0.15) is 0 Å². The summed E-state index contributed by atoms with van der Waals surface area (Å²) in [5.41, 5.74) is 30.1. The maximum Gasteiger partial charge on any atom is 0.180 e. The molecule has 12 aromatic heterocycles. The summed E-state index contributed by atoms with van der Waals surface area (Å²) < 4.78 is 37.8. The van der Waals surface area contributed by atoms with Gasteiger partial charge in [-0.15, -0.1) is 11.3 Å². The summed E-state index contributed by atoms with van der Waals surface area (Å²) >= 11 is 1.87. The van der Waals surface area contributed by atoms with E-state index in [1.807, 2.05) is 139 Å². The summed E-state index contributed by atoms with van der Waals surface area (Å²) in [5.74, 6) is 1.95. The van der Waals surface area contributed by atoms with Crippen molar-refractivity contribution < 1.29 is 17.7 Å². The van der Waals surface area contributed by atoms with Crippen molar-refractivity contribution >= 4 is 207 Å². The molecule has 141 heavy (non-hydrogen) atoms. The molecule has 0 fully saturated rings. The molecule has 0 aliphatic rings. The maximum atomic E-state index is 6.53. The van der Waals surface area contributed by atoms with Gasteiger partial charge in [0.25, 0.3) is 0 Å². The van der Waals surface area contributed by atoms with E-state index in [0.717, 1.165) is 183 Å². The Bertz CT molecular complexity index is 10200. The van der Waals surface area contributed by atoms with E-state index in [2.05, 4.69) is 340 Å². The largest absolute Gasteiger partial charge is 0.455 e. The first-order valence-electron chi connectivity index (χ1n) is 47.2. The molecule has 0 aliphatic heterocycles. The Morgan fingerprint density at radius 3 is 0.957 bits per heavy atom. The minimum Gasteiger partial charge on any atom is -0.455 e. The summed E-state index contributed by atoms with van der Waals surface area (Å²) in [7, 11) is 0. The molecule has 0 saturated heterocycles. The lowest BCUT2D eigenvalue weighted by atomic mass is 10.1. The lowest BCUT2D eigenvalue weighted by Gasteiger charge is -2.14. The fourth-order valence-electron chi connectivity index (χ4n) is 21.7. The lowest BCUT2D eigenvalue weighted by Crippen LogP contribution is -2.01. The van der Waals surface area contributed by atoms with Crippen LogP contribution in [0, 0.1) is 0 Å². The fourth-order valence-corrected chi connectivity index (χ4v) is 22.9. The molecule has 12 heterocycles.